The predicted octanol–water partition coefficient (Wildman–Crippen LogP) is -0.208. The molecule has 0 radical (unpaired) electrons. The summed E-state index contributed by atoms with van der Waals surface area (Å²) in [5.74, 6) is -0.434. The summed E-state index contributed by atoms with van der Waals surface area (Å²) in [6.45, 7) is 0.360. The first kappa shape index (κ1) is 10.6. The molecule has 0 fully saturated rings. The molecule has 0 aromatic carbocycles. The van der Waals surface area contributed by atoms with Crippen LogP contribution < -0.4 is 11.1 Å². The number of H-pyrrole nitrogens is 1. The van der Waals surface area contributed by atoms with Crippen molar-refractivity contribution in [2.24, 2.45) is 0 Å². The Kier molecular flexibility index (Phi) is 3.10. The molecule has 0 spiro atoms. The average Bonchev–Trinajstić information content (AvgIpc) is 2.89. The minimum absolute atomic E-state index is 0.243. The number of thiazole rings is 1. The van der Waals surface area contributed by atoms with E-state index in [0.29, 0.717) is 24.5 Å². The number of nitrogens with one attached hydrogen (secondary N) is 2. The van der Waals surface area contributed by atoms with Crippen molar-refractivity contribution in [1.29, 1.82) is 0 Å². The van der Waals surface area contributed by atoms with Crippen LogP contribution in [0, 0.1) is 0 Å². The first-order chi connectivity index (χ1) is 7.75. The summed E-state index contributed by atoms with van der Waals surface area (Å²) >= 11 is 1.35. The van der Waals surface area contributed by atoms with Crippen molar-refractivity contribution in [3.8, 4) is 0 Å². The van der Waals surface area contributed by atoms with Gasteiger partial charge in [-0.25, -0.2) is 9.78 Å². The fourth-order valence-corrected chi connectivity index (χ4v) is 1.61. The van der Waals surface area contributed by atoms with Crippen LogP contribution in [0.25, 0.3) is 0 Å². The van der Waals surface area contributed by atoms with Crippen LogP contribution in [0.3, 0.4) is 0 Å². The molecule has 2 aromatic rings. The molecule has 0 atom stereocenters. The molecule has 7 nitrogen and oxygen atoms in total. The highest BCUT2D eigenvalue weighted by molar-refractivity contribution is 7.07. The minimum atomic E-state index is -0.596. The van der Waals surface area contributed by atoms with Crippen molar-refractivity contribution >= 4 is 17.2 Å². The summed E-state index contributed by atoms with van der Waals surface area (Å²) in [5, 5.41) is 7.77. The van der Waals surface area contributed by atoms with Crippen LogP contribution in [0.4, 0.5) is 0 Å². The van der Waals surface area contributed by atoms with Gasteiger partial charge in [-0.3, -0.25) is 14.3 Å². The maximum Gasteiger partial charge on any atom is 0.438 e. The fraction of sp³-hybridized carbons (Fsp3) is 0.250. The number of carbonyl (C=O) groups excluding carboxylic acids is 1. The van der Waals surface area contributed by atoms with Crippen molar-refractivity contribution in [3.63, 3.8) is 0 Å². The van der Waals surface area contributed by atoms with Gasteiger partial charge in [0, 0.05) is 18.3 Å². The molecule has 2 N–H and O–H groups in total. The van der Waals surface area contributed by atoms with Crippen molar-refractivity contribution < 1.29 is 9.32 Å². The lowest BCUT2D eigenvalue weighted by Crippen LogP contribution is -2.26. The van der Waals surface area contributed by atoms with Gasteiger partial charge in [0.2, 0.25) is 0 Å². The van der Waals surface area contributed by atoms with Crippen LogP contribution in [0.5, 0.6) is 0 Å². The molecule has 0 aliphatic carbocycles. The van der Waals surface area contributed by atoms with Crippen molar-refractivity contribution in [2.45, 2.75) is 6.42 Å². The highest BCUT2D eigenvalue weighted by Crippen LogP contribution is 1.99. The average molecular weight is 240 g/mol. The van der Waals surface area contributed by atoms with Crippen molar-refractivity contribution in [3.05, 3.63) is 33.0 Å². The van der Waals surface area contributed by atoms with Gasteiger partial charge in [0.1, 0.15) is 5.69 Å². The van der Waals surface area contributed by atoms with Gasteiger partial charge in [0.15, 0.2) is 5.82 Å². The Balaban J connectivity index is 1.80. The summed E-state index contributed by atoms with van der Waals surface area (Å²) in [6, 6.07) is 0. The number of amides is 1. The third kappa shape index (κ3) is 2.54. The van der Waals surface area contributed by atoms with E-state index in [1.165, 1.54) is 11.3 Å². The van der Waals surface area contributed by atoms with Gasteiger partial charge in [-0.15, -0.1) is 11.3 Å². The largest absolute Gasteiger partial charge is 0.438 e. The molecule has 2 rings (SSSR count). The van der Waals surface area contributed by atoms with Crippen LogP contribution in [-0.2, 0) is 6.42 Å². The molecule has 84 valence electrons. The van der Waals surface area contributed by atoms with Gasteiger partial charge in [-0.2, -0.15) is 0 Å². The summed E-state index contributed by atoms with van der Waals surface area (Å²) < 4.78 is 4.31. The molecule has 1 amide bonds. The normalized spacial score (nSPS) is 10.2. The topological polar surface area (TPSA) is 101 Å². The lowest BCUT2D eigenvalue weighted by Gasteiger charge is -1.99. The first-order valence-electron chi connectivity index (χ1n) is 4.47. The van der Waals surface area contributed by atoms with Crippen molar-refractivity contribution in [1.82, 2.24) is 20.4 Å². The number of aromatic nitrogens is 3. The zero-order valence-electron chi connectivity index (χ0n) is 8.10. The maximum absolute atomic E-state index is 11.4. The quantitative estimate of drug-likeness (QED) is 0.770. The number of rotatable bonds is 4. The van der Waals surface area contributed by atoms with Crippen LogP contribution in [0.15, 0.2) is 20.2 Å². The van der Waals surface area contributed by atoms with Gasteiger partial charge in [0.05, 0.1) is 5.51 Å². The summed E-state index contributed by atoms with van der Waals surface area (Å²) in [5.41, 5.74) is 1.97. The SMILES string of the molecule is O=C(NCCc1noc(=O)[nH]1)c1cscn1. The lowest BCUT2D eigenvalue weighted by atomic mass is 10.4. The molecule has 0 saturated carbocycles. The summed E-state index contributed by atoms with van der Waals surface area (Å²) in [6.07, 6.45) is 0.404. The molecule has 0 aliphatic rings. The molecular formula is C8H8N4O3S. The van der Waals surface area contributed by atoms with E-state index >= 15 is 0 Å². The molecule has 8 heteroatoms. The van der Waals surface area contributed by atoms with E-state index in [0.717, 1.165) is 0 Å². The number of nitrogens with zero attached hydrogens (tertiary/aromatic N) is 2. The number of hydrogen-bond donors (Lipinski definition) is 2. The third-order valence-electron chi connectivity index (χ3n) is 1.80. The maximum atomic E-state index is 11.4. The number of hydrogen-bond acceptors (Lipinski definition) is 6. The highest BCUT2D eigenvalue weighted by atomic mass is 32.1. The second kappa shape index (κ2) is 4.71. The lowest BCUT2D eigenvalue weighted by molar-refractivity contribution is 0.0949. The Morgan fingerprint density at radius 2 is 2.50 bits per heavy atom. The second-order valence-corrected chi connectivity index (χ2v) is 3.64. The van der Waals surface area contributed by atoms with E-state index in [-0.39, 0.29) is 5.91 Å². The Morgan fingerprint density at radius 1 is 1.62 bits per heavy atom. The predicted molar refractivity (Wildman–Crippen MR) is 55.3 cm³/mol. The van der Waals surface area contributed by atoms with E-state index in [4.69, 9.17) is 0 Å². The number of aromatic amines is 1. The fourth-order valence-electron chi connectivity index (χ4n) is 1.08. The van der Waals surface area contributed by atoms with Crippen LogP contribution in [0.2, 0.25) is 0 Å². The molecule has 2 heterocycles. The third-order valence-corrected chi connectivity index (χ3v) is 2.38. The Labute approximate surface area is 93.5 Å². The zero-order chi connectivity index (χ0) is 11.4. The highest BCUT2D eigenvalue weighted by Gasteiger charge is 2.07. The van der Waals surface area contributed by atoms with E-state index in [1.807, 2.05) is 0 Å². The molecule has 2 aromatic heterocycles. The van der Waals surface area contributed by atoms with E-state index in [1.54, 1.807) is 10.9 Å². The molecule has 0 saturated heterocycles. The Hall–Kier alpha value is -1.96. The van der Waals surface area contributed by atoms with Gasteiger partial charge in [-0.05, 0) is 0 Å². The van der Waals surface area contributed by atoms with Crippen LogP contribution in [-0.4, -0.2) is 27.6 Å². The molecule has 16 heavy (non-hydrogen) atoms. The van der Waals surface area contributed by atoms with E-state index in [2.05, 4.69) is 25.0 Å². The summed E-state index contributed by atoms with van der Waals surface area (Å²) in [7, 11) is 0. The minimum Gasteiger partial charge on any atom is -0.350 e. The zero-order valence-corrected chi connectivity index (χ0v) is 8.91. The standard InChI is InChI=1S/C8H8N4O3S/c13-7(5-3-16-4-10-5)9-2-1-6-11-8(14)15-12-6/h3-4H,1-2H2,(H,9,13)(H,11,12,14). The van der Waals surface area contributed by atoms with E-state index in [9.17, 15) is 9.59 Å². The second-order valence-electron chi connectivity index (χ2n) is 2.92. The monoisotopic (exact) mass is 240 g/mol. The Morgan fingerprint density at radius 3 is 3.12 bits per heavy atom. The molecule has 0 unspecified atom stereocenters. The first-order valence-corrected chi connectivity index (χ1v) is 5.41. The Bertz CT molecular complexity index is 515. The molecule has 0 aliphatic heterocycles. The van der Waals surface area contributed by atoms with Gasteiger partial charge < -0.3 is 5.32 Å². The van der Waals surface area contributed by atoms with Crippen LogP contribution >= 0.6 is 11.3 Å². The smallest absolute Gasteiger partial charge is 0.350 e. The van der Waals surface area contributed by atoms with Crippen molar-refractivity contribution in [2.75, 3.05) is 6.54 Å². The molecular weight excluding hydrogens is 232 g/mol. The van der Waals surface area contributed by atoms with Gasteiger partial charge in [-0.1, -0.05) is 5.16 Å². The summed E-state index contributed by atoms with van der Waals surface area (Å²) in [4.78, 5) is 28.3. The van der Waals surface area contributed by atoms with Gasteiger partial charge >= 0.3 is 5.76 Å². The number of carbonyl (C=O) groups is 1. The van der Waals surface area contributed by atoms with Gasteiger partial charge in [0.25, 0.3) is 5.91 Å². The molecule has 0 bridgehead atoms. The van der Waals surface area contributed by atoms with E-state index < -0.39 is 5.76 Å². The van der Waals surface area contributed by atoms with Crippen LogP contribution in [0.1, 0.15) is 16.3 Å².